The van der Waals surface area contributed by atoms with Crippen LogP contribution in [0.4, 0.5) is 0 Å². The molecule has 4 heteroatoms. The number of aryl methyl sites for hydroxylation is 1. The Hall–Kier alpha value is -1.32. The number of aromatic nitrogens is 2. The van der Waals surface area contributed by atoms with Crippen LogP contribution in [0.1, 0.15) is 42.8 Å². The first-order valence-electron chi connectivity index (χ1n) is 5.27. The SMILES string of the molecule is CCOC(=O)c1nc(C)[nH]c1CC(C)C. The maximum absolute atomic E-state index is 11.6. The topological polar surface area (TPSA) is 55.0 Å². The fourth-order valence-electron chi connectivity index (χ4n) is 1.46. The van der Waals surface area contributed by atoms with Gasteiger partial charge in [0.15, 0.2) is 5.69 Å². The molecule has 15 heavy (non-hydrogen) atoms. The first-order chi connectivity index (χ1) is 7.04. The van der Waals surface area contributed by atoms with E-state index in [0.717, 1.165) is 17.9 Å². The van der Waals surface area contributed by atoms with Crippen LogP contribution >= 0.6 is 0 Å². The van der Waals surface area contributed by atoms with Crippen LogP contribution in [0, 0.1) is 12.8 Å². The Balaban J connectivity index is 2.90. The number of carbonyl (C=O) groups excluding carboxylic acids is 1. The van der Waals surface area contributed by atoms with Crippen LogP contribution in [-0.2, 0) is 11.2 Å². The maximum atomic E-state index is 11.6. The summed E-state index contributed by atoms with van der Waals surface area (Å²) in [7, 11) is 0. The second kappa shape index (κ2) is 4.96. The quantitative estimate of drug-likeness (QED) is 0.774. The molecule has 0 unspecified atom stereocenters. The van der Waals surface area contributed by atoms with Gasteiger partial charge in [-0.05, 0) is 26.2 Å². The van der Waals surface area contributed by atoms with Crippen molar-refractivity contribution in [1.29, 1.82) is 0 Å². The molecule has 0 atom stereocenters. The summed E-state index contributed by atoms with van der Waals surface area (Å²) in [6.07, 6.45) is 0.814. The van der Waals surface area contributed by atoms with Gasteiger partial charge in [-0.2, -0.15) is 0 Å². The number of hydrogen-bond donors (Lipinski definition) is 1. The smallest absolute Gasteiger partial charge is 0.358 e. The van der Waals surface area contributed by atoms with E-state index in [2.05, 4.69) is 23.8 Å². The minimum absolute atomic E-state index is 0.336. The molecule has 0 aliphatic rings. The van der Waals surface area contributed by atoms with Crippen molar-refractivity contribution in [2.75, 3.05) is 6.61 Å². The van der Waals surface area contributed by atoms with Crippen LogP contribution in [-0.4, -0.2) is 22.5 Å². The van der Waals surface area contributed by atoms with Crippen molar-refractivity contribution < 1.29 is 9.53 Å². The Labute approximate surface area is 90.1 Å². The number of ether oxygens (including phenoxy) is 1. The zero-order chi connectivity index (χ0) is 11.4. The lowest BCUT2D eigenvalue weighted by atomic mass is 10.1. The molecule has 4 nitrogen and oxygen atoms in total. The highest BCUT2D eigenvalue weighted by Crippen LogP contribution is 2.12. The number of hydrogen-bond acceptors (Lipinski definition) is 3. The van der Waals surface area contributed by atoms with Gasteiger partial charge in [-0.15, -0.1) is 0 Å². The molecule has 0 spiro atoms. The minimum atomic E-state index is -0.336. The zero-order valence-electron chi connectivity index (χ0n) is 9.76. The van der Waals surface area contributed by atoms with Gasteiger partial charge in [0, 0.05) is 5.69 Å². The van der Waals surface area contributed by atoms with E-state index in [1.165, 1.54) is 0 Å². The van der Waals surface area contributed by atoms with Crippen LogP contribution in [0.2, 0.25) is 0 Å². The molecule has 0 aliphatic carbocycles. The van der Waals surface area contributed by atoms with E-state index in [1.807, 2.05) is 6.92 Å². The number of H-pyrrole nitrogens is 1. The van der Waals surface area contributed by atoms with Crippen LogP contribution in [0.15, 0.2) is 0 Å². The largest absolute Gasteiger partial charge is 0.461 e. The fourth-order valence-corrected chi connectivity index (χ4v) is 1.46. The molecule has 1 heterocycles. The molecule has 0 aromatic carbocycles. The van der Waals surface area contributed by atoms with Crippen LogP contribution < -0.4 is 0 Å². The molecule has 0 fully saturated rings. The molecule has 84 valence electrons. The average Bonchev–Trinajstić information content (AvgIpc) is 2.46. The minimum Gasteiger partial charge on any atom is -0.461 e. The third kappa shape index (κ3) is 3.08. The average molecular weight is 210 g/mol. The van der Waals surface area contributed by atoms with Gasteiger partial charge in [-0.25, -0.2) is 9.78 Å². The molecule has 0 bridgehead atoms. The Morgan fingerprint density at radius 3 is 2.73 bits per heavy atom. The maximum Gasteiger partial charge on any atom is 0.358 e. The third-order valence-corrected chi connectivity index (χ3v) is 1.98. The van der Waals surface area contributed by atoms with Crippen molar-refractivity contribution >= 4 is 5.97 Å². The molecule has 0 amide bonds. The molecule has 1 aromatic rings. The van der Waals surface area contributed by atoms with Gasteiger partial charge in [-0.3, -0.25) is 0 Å². The number of nitrogens with zero attached hydrogens (tertiary/aromatic N) is 1. The first-order valence-corrected chi connectivity index (χ1v) is 5.27. The highest BCUT2D eigenvalue weighted by molar-refractivity contribution is 5.88. The van der Waals surface area contributed by atoms with E-state index < -0.39 is 0 Å². The van der Waals surface area contributed by atoms with E-state index in [-0.39, 0.29) is 5.97 Å². The predicted octanol–water partition coefficient (Wildman–Crippen LogP) is 2.09. The Morgan fingerprint density at radius 2 is 2.20 bits per heavy atom. The monoisotopic (exact) mass is 210 g/mol. The Bertz CT molecular complexity index is 342. The molecule has 0 saturated heterocycles. The summed E-state index contributed by atoms with van der Waals surface area (Å²) in [5.41, 5.74) is 1.31. The van der Waals surface area contributed by atoms with E-state index in [1.54, 1.807) is 6.92 Å². The number of imidazole rings is 1. The molecule has 0 aliphatic heterocycles. The van der Waals surface area contributed by atoms with Crippen LogP contribution in [0.25, 0.3) is 0 Å². The first kappa shape index (κ1) is 11.8. The summed E-state index contributed by atoms with van der Waals surface area (Å²) < 4.78 is 4.94. The number of carbonyl (C=O) groups is 1. The summed E-state index contributed by atoms with van der Waals surface area (Å²) in [5, 5.41) is 0. The normalized spacial score (nSPS) is 10.7. The second-order valence-corrected chi connectivity index (χ2v) is 3.97. The Morgan fingerprint density at radius 1 is 1.53 bits per heavy atom. The second-order valence-electron chi connectivity index (χ2n) is 3.97. The lowest BCUT2D eigenvalue weighted by Gasteiger charge is -2.04. The van der Waals surface area contributed by atoms with Crippen molar-refractivity contribution in [3.8, 4) is 0 Å². The number of esters is 1. The number of aromatic amines is 1. The van der Waals surface area contributed by atoms with E-state index in [4.69, 9.17) is 4.74 Å². The van der Waals surface area contributed by atoms with E-state index in [9.17, 15) is 4.79 Å². The molecule has 1 aromatic heterocycles. The Kier molecular flexibility index (Phi) is 3.88. The lowest BCUT2D eigenvalue weighted by molar-refractivity contribution is 0.0518. The van der Waals surface area contributed by atoms with Crippen LogP contribution in [0.5, 0.6) is 0 Å². The van der Waals surface area contributed by atoms with Gasteiger partial charge < -0.3 is 9.72 Å². The summed E-state index contributed by atoms with van der Waals surface area (Å²) >= 11 is 0. The number of rotatable bonds is 4. The van der Waals surface area contributed by atoms with Crippen molar-refractivity contribution in [3.63, 3.8) is 0 Å². The van der Waals surface area contributed by atoms with Gasteiger partial charge >= 0.3 is 5.97 Å². The van der Waals surface area contributed by atoms with Gasteiger partial charge in [0.05, 0.1) is 6.61 Å². The molecule has 0 saturated carbocycles. The van der Waals surface area contributed by atoms with Gasteiger partial charge in [0.25, 0.3) is 0 Å². The summed E-state index contributed by atoms with van der Waals surface area (Å²) in [6.45, 7) is 8.22. The van der Waals surface area contributed by atoms with Crippen molar-refractivity contribution in [2.45, 2.75) is 34.1 Å². The van der Waals surface area contributed by atoms with Crippen LogP contribution in [0.3, 0.4) is 0 Å². The van der Waals surface area contributed by atoms with E-state index in [0.29, 0.717) is 18.2 Å². The van der Waals surface area contributed by atoms with E-state index >= 15 is 0 Å². The summed E-state index contributed by atoms with van der Waals surface area (Å²) in [4.78, 5) is 18.8. The standard InChI is InChI=1S/C11H18N2O2/c1-5-15-11(14)10-9(6-7(2)3)12-8(4)13-10/h7H,5-6H2,1-4H3,(H,12,13). The summed E-state index contributed by atoms with van der Waals surface area (Å²) in [6, 6.07) is 0. The highest BCUT2D eigenvalue weighted by Gasteiger charge is 2.17. The highest BCUT2D eigenvalue weighted by atomic mass is 16.5. The van der Waals surface area contributed by atoms with Crippen molar-refractivity contribution in [2.24, 2.45) is 5.92 Å². The molecule has 1 N–H and O–H groups in total. The van der Waals surface area contributed by atoms with Gasteiger partial charge in [-0.1, -0.05) is 13.8 Å². The molecular formula is C11H18N2O2. The molecular weight excluding hydrogens is 192 g/mol. The zero-order valence-corrected chi connectivity index (χ0v) is 9.76. The fraction of sp³-hybridized carbons (Fsp3) is 0.636. The molecule has 1 rings (SSSR count). The lowest BCUT2D eigenvalue weighted by Crippen LogP contribution is -2.09. The van der Waals surface area contributed by atoms with Crippen molar-refractivity contribution in [1.82, 2.24) is 9.97 Å². The van der Waals surface area contributed by atoms with Gasteiger partial charge in [0.2, 0.25) is 0 Å². The predicted molar refractivity (Wildman–Crippen MR) is 57.8 cm³/mol. The molecule has 0 radical (unpaired) electrons. The number of nitrogens with one attached hydrogen (secondary N) is 1. The summed E-state index contributed by atoms with van der Waals surface area (Å²) in [5.74, 6) is 0.907. The van der Waals surface area contributed by atoms with Gasteiger partial charge in [0.1, 0.15) is 5.82 Å². The van der Waals surface area contributed by atoms with Crippen molar-refractivity contribution in [3.05, 3.63) is 17.2 Å². The third-order valence-electron chi connectivity index (χ3n) is 1.98.